The molecule has 0 radical (unpaired) electrons. The maximum Gasteiger partial charge on any atom is 0.241 e. The van der Waals surface area contributed by atoms with E-state index >= 15 is 0 Å². The summed E-state index contributed by atoms with van der Waals surface area (Å²) in [6.07, 6.45) is 0. The van der Waals surface area contributed by atoms with Gasteiger partial charge in [-0.2, -0.15) is 0 Å². The normalized spacial score (nSPS) is 11.3. The van der Waals surface area contributed by atoms with Crippen molar-refractivity contribution >= 4 is 33.1 Å². The number of nitrogens with two attached hydrogens (primary N) is 1. The second-order valence-corrected chi connectivity index (χ2v) is 6.58. The summed E-state index contributed by atoms with van der Waals surface area (Å²) in [4.78, 5) is 11.4. The van der Waals surface area contributed by atoms with Gasteiger partial charge in [0.05, 0.1) is 11.4 Å². The van der Waals surface area contributed by atoms with E-state index in [1.807, 2.05) is 0 Å². The molecule has 110 valence electrons. The summed E-state index contributed by atoms with van der Waals surface area (Å²) in [5, 5.41) is 2.59. The third-order valence-corrected chi connectivity index (χ3v) is 3.99. The first-order valence-corrected chi connectivity index (χ1v) is 7.81. The lowest BCUT2D eigenvalue weighted by atomic mass is 10.2. The van der Waals surface area contributed by atoms with Crippen molar-refractivity contribution < 1.29 is 13.2 Å². The lowest BCUT2D eigenvalue weighted by Gasteiger charge is -2.12. The molecule has 1 aromatic rings. The Bertz CT molecular complexity index is 612. The molecule has 0 aliphatic rings. The molecule has 0 aromatic heterocycles. The molecule has 6 nitrogen and oxygen atoms in total. The fraction of sp³-hybridized carbons (Fsp3) is 0.333. The monoisotopic (exact) mass is 315 g/mol. The number of thiocarbonyl (C=S) groups is 1. The van der Waals surface area contributed by atoms with Crippen LogP contribution in [0.2, 0.25) is 0 Å². The predicted octanol–water partition coefficient (Wildman–Crippen LogP) is 0.124. The van der Waals surface area contributed by atoms with Gasteiger partial charge in [0.25, 0.3) is 0 Å². The zero-order chi connectivity index (χ0) is 15.3. The second-order valence-electron chi connectivity index (χ2n) is 4.41. The molecule has 0 fully saturated rings. The average molecular weight is 315 g/mol. The van der Waals surface area contributed by atoms with Crippen LogP contribution in [-0.2, 0) is 14.8 Å². The van der Waals surface area contributed by atoms with Crippen LogP contribution in [0.1, 0.15) is 19.4 Å². The number of carbonyl (C=O) groups is 1. The number of carbonyl (C=O) groups excluding carboxylic acids is 1. The van der Waals surface area contributed by atoms with E-state index < -0.39 is 15.9 Å². The number of amides is 1. The van der Waals surface area contributed by atoms with Gasteiger partial charge in [0.1, 0.15) is 4.99 Å². The van der Waals surface area contributed by atoms with Crippen LogP contribution in [0.3, 0.4) is 0 Å². The van der Waals surface area contributed by atoms with Gasteiger partial charge in [0.15, 0.2) is 0 Å². The molecule has 0 bridgehead atoms. The molecule has 0 atom stereocenters. The van der Waals surface area contributed by atoms with E-state index in [4.69, 9.17) is 18.0 Å². The lowest BCUT2D eigenvalue weighted by molar-refractivity contribution is -0.120. The maximum atomic E-state index is 12.1. The van der Waals surface area contributed by atoms with Crippen LogP contribution in [-0.4, -0.2) is 31.9 Å². The van der Waals surface area contributed by atoms with Gasteiger partial charge in [-0.15, -0.1) is 0 Å². The molecule has 1 amide bonds. The van der Waals surface area contributed by atoms with Crippen LogP contribution in [0.4, 0.5) is 0 Å². The number of benzene rings is 1. The molecule has 0 saturated heterocycles. The minimum absolute atomic E-state index is 0.0161. The van der Waals surface area contributed by atoms with Crippen LogP contribution >= 0.6 is 12.2 Å². The van der Waals surface area contributed by atoms with E-state index in [9.17, 15) is 13.2 Å². The summed E-state index contributed by atoms with van der Waals surface area (Å²) >= 11 is 4.82. The standard InChI is InChI=1S/C12H17N3O3S2/c1-8(2)15-11(16)7-14-20(17,18)10-6-4-3-5-9(10)12(13)19/h3-6,8,14H,7H2,1-2H3,(H2,13,19)(H,15,16). The number of sulfonamides is 1. The van der Waals surface area contributed by atoms with Gasteiger partial charge in [-0.1, -0.05) is 30.4 Å². The van der Waals surface area contributed by atoms with Crippen molar-refractivity contribution in [3.63, 3.8) is 0 Å². The summed E-state index contributed by atoms with van der Waals surface area (Å²) in [5.74, 6) is -0.406. The SMILES string of the molecule is CC(C)NC(=O)CNS(=O)(=O)c1ccccc1C(N)=S. The Morgan fingerprint density at radius 1 is 1.35 bits per heavy atom. The first-order chi connectivity index (χ1) is 9.24. The second kappa shape index (κ2) is 6.78. The highest BCUT2D eigenvalue weighted by atomic mass is 32.2. The highest BCUT2D eigenvalue weighted by Gasteiger charge is 2.20. The minimum Gasteiger partial charge on any atom is -0.389 e. The number of nitrogens with one attached hydrogen (secondary N) is 2. The Morgan fingerprint density at radius 3 is 2.50 bits per heavy atom. The van der Waals surface area contributed by atoms with Gasteiger partial charge in [-0.25, -0.2) is 13.1 Å². The summed E-state index contributed by atoms with van der Waals surface area (Å²) < 4.78 is 26.5. The Hall–Kier alpha value is -1.51. The molecule has 0 spiro atoms. The highest BCUT2D eigenvalue weighted by molar-refractivity contribution is 7.89. The number of hydrogen-bond acceptors (Lipinski definition) is 4. The Labute approximate surface area is 123 Å². The molecule has 0 unspecified atom stereocenters. The smallest absolute Gasteiger partial charge is 0.241 e. The fourth-order valence-corrected chi connectivity index (χ4v) is 2.96. The van der Waals surface area contributed by atoms with E-state index in [0.717, 1.165) is 0 Å². The maximum absolute atomic E-state index is 12.1. The van der Waals surface area contributed by atoms with Gasteiger partial charge >= 0.3 is 0 Å². The van der Waals surface area contributed by atoms with E-state index in [1.54, 1.807) is 26.0 Å². The molecule has 1 aromatic carbocycles. The van der Waals surface area contributed by atoms with E-state index in [1.165, 1.54) is 12.1 Å². The van der Waals surface area contributed by atoms with Crippen LogP contribution in [0.5, 0.6) is 0 Å². The zero-order valence-electron chi connectivity index (χ0n) is 11.2. The Kier molecular flexibility index (Phi) is 5.61. The summed E-state index contributed by atoms with van der Waals surface area (Å²) in [6, 6.07) is 6.04. The van der Waals surface area contributed by atoms with Crippen molar-refractivity contribution in [3.05, 3.63) is 29.8 Å². The summed E-state index contributed by atoms with van der Waals surface area (Å²) in [5.41, 5.74) is 5.74. The van der Waals surface area contributed by atoms with Crippen LogP contribution < -0.4 is 15.8 Å². The molecule has 8 heteroatoms. The number of hydrogen-bond donors (Lipinski definition) is 3. The lowest BCUT2D eigenvalue weighted by Crippen LogP contribution is -2.40. The minimum atomic E-state index is -3.85. The quantitative estimate of drug-likeness (QED) is 0.648. The molecule has 1 rings (SSSR count). The highest BCUT2D eigenvalue weighted by Crippen LogP contribution is 2.14. The summed E-state index contributed by atoms with van der Waals surface area (Å²) in [7, 11) is -3.85. The van der Waals surface area contributed by atoms with Crippen molar-refractivity contribution in [1.29, 1.82) is 0 Å². The average Bonchev–Trinajstić information content (AvgIpc) is 2.36. The van der Waals surface area contributed by atoms with Gasteiger partial charge in [0.2, 0.25) is 15.9 Å². The van der Waals surface area contributed by atoms with Gasteiger partial charge < -0.3 is 11.1 Å². The van der Waals surface area contributed by atoms with Gasteiger partial charge in [-0.05, 0) is 19.9 Å². The molecular weight excluding hydrogens is 298 g/mol. The van der Waals surface area contributed by atoms with Crippen LogP contribution in [0, 0.1) is 0 Å². The topological polar surface area (TPSA) is 101 Å². The molecule has 0 aliphatic carbocycles. The van der Waals surface area contributed by atoms with Gasteiger partial charge in [-0.3, -0.25) is 4.79 Å². The first kappa shape index (κ1) is 16.5. The largest absolute Gasteiger partial charge is 0.389 e. The van der Waals surface area contributed by atoms with Crippen molar-refractivity contribution in [2.24, 2.45) is 5.73 Å². The molecule has 0 heterocycles. The van der Waals surface area contributed by atoms with Crippen molar-refractivity contribution in [3.8, 4) is 0 Å². The van der Waals surface area contributed by atoms with Crippen molar-refractivity contribution in [2.45, 2.75) is 24.8 Å². The van der Waals surface area contributed by atoms with E-state index in [-0.39, 0.29) is 28.0 Å². The molecule has 4 N–H and O–H groups in total. The third kappa shape index (κ3) is 4.55. The molecular formula is C12H17N3O3S2. The van der Waals surface area contributed by atoms with Crippen molar-refractivity contribution in [2.75, 3.05) is 6.54 Å². The fourth-order valence-electron chi connectivity index (χ4n) is 1.52. The van der Waals surface area contributed by atoms with E-state index in [2.05, 4.69) is 10.0 Å². The Morgan fingerprint density at radius 2 is 1.95 bits per heavy atom. The number of rotatable bonds is 6. The Balaban J connectivity index is 2.90. The predicted molar refractivity (Wildman–Crippen MR) is 80.8 cm³/mol. The van der Waals surface area contributed by atoms with Crippen LogP contribution in [0.15, 0.2) is 29.2 Å². The van der Waals surface area contributed by atoms with E-state index in [0.29, 0.717) is 0 Å². The molecule has 0 aliphatic heterocycles. The third-order valence-electron chi connectivity index (χ3n) is 2.31. The zero-order valence-corrected chi connectivity index (χ0v) is 12.8. The van der Waals surface area contributed by atoms with Gasteiger partial charge in [0, 0.05) is 11.6 Å². The first-order valence-electron chi connectivity index (χ1n) is 5.92. The van der Waals surface area contributed by atoms with Crippen molar-refractivity contribution in [1.82, 2.24) is 10.0 Å². The molecule has 20 heavy (non-hydrogen) atoms. The summed E-state index contributed by atoms with van der Waals surface area (Å²) in [6.45, 7) is 3.23. The molecule has 0 saturated carbocycles. The van der Waals surface area contributed by atoms with Crippen LogP contribution in [0.25, 0.3) is 0 Å².